The Hall–Kier alpha value is -16.7. The zero-order valence-corrected chi connectivity index (χ0v) is 66.0. The first-order chi connectivity index (χ1) is 60.0. The minimum Gasteiger partial charge on any atom is -0.347 e. The first kappa shape index (κ1) is 79.2. The Morgan fingerprint density at radius 3 is 1.03 bits per heavy atom. The van der Waals surface area contributed by atoms with E-state index in [9.17, 15) is 19.2 Å². The lowest BCUT2D eigenvalue weighted by Gasteiger charge is -2.21. The van der Waals surface area contributed by atoms with Crippen molar-refractivity contribution >= 4 is 114 Å². The Labute approximate surface area is 697 Å². The Bertz CT molecular complexity index is 6630. The van der Waals surface area contributed by atoms with Gasteiger partial charge in [0.15, 0.2) is 35.7 Å². The number of fused-ring (bicyclic) bond motifs is 4. The largest absolute Gasteiger partial charge is 0.461 e. The number of hydrogen-bond donors (Lipinski definition) is 10. The van der Waals surface area contributed by atoms with Gasteiger partial charge in [-0.1, -0.05) is 226 Å². The summed E-state index contributed by atoms with van der Waals surface area (Å²) in [7, 11) is 0. The number of carbonyl (C=O) groups excluding carboxylic acids is 4. The molecule has 0 spiro atoms. The van der Waals surface area contributed by atoms with Crippen molar-refractivity contribution in [3.63, 3.8) is 0 Å². The zero-order chi connectivity index (χ0) is 83.4. The summed E-state index contributed by atoms with van der Waals surface area (Å²) in [5.41, 5.74) is 7.83. The summed E-state index contributed by atoms with van der Waals surface area (Å²) in [5.74, 6) is 5.27. The molecule has 1 aliphatic carbocycles. The van der Waals surface area contributed by atoms with Gasteiger partial charge in [0.1, 0.15) is 23.3 Å². The van der Waals surface area contributed by atoms with Crippen molar-refractivity contribution in [1.82, 2.24) is 116 Å². The van der Waals surface area contributed by atoms with Crippen molar-refractivity contribution in [2.45, 2.75) is 58.5 Å². The first-order valence-corrected chi connectivity index (χ1v) is 39.5. The van der Waals surface area contributed by atoms with Gasteiger partial charge in [-0.15, -0.1) is 25.0 Å². The maximum absolute atomic E-state index is 12.5. The van der Waals surface area contributed by atoms with Gasteiger partial charge in [-0.3, -0.25) is 29.7 Å². The van der Waals surface area contributed by atoms with Gasteiger partial charge in [0.05, 0.1) is 22.1 Å². The van der Waals surface area contributed by atoms with E-state index in [0.29, 0.717) is 66.2 Å². The minimum absolute atomic E-state index is 0.116. The molecular formula is C90H79N28O4+. The van der Waals surface area contributed by atoms with Crippen molar-refractivity contribution in [3.05, 3.63) is 308 Å². The lowest BCUT2D eigenvalue weighted by Crippen LogP contribution is -2.42. The van der Waals surface area contributed by atoms with Crippen molar-refractivity contribution in [1.29, 1.82) is 0 Å². The molecule has 10 N–H and O–H groups in total. The number of aromatic nitrogens is 21. The second kappa shape index (κ2) is 37.9. The van der Waals surface area contributed by atoms with Crippen LogP contribution in [0.1, 0.15) is 94.0 Å². The van der Waals surface area contributed by atoms with Gasteiger partial charge in [0.25, 0.3) is 23.5 Å². The zero-order valence-electron chi connectivity index (χ0n) is 66.0. The Morgan fingerprint density at radius 2 is 0.656 bits per heavy atom. The van der Waals surface area contributed by atoms with E-state index in [0.717, 1.165) is 97.1 Å². The number of nitrogens with zero attached hydrogens (tertiary/aromatic N) is 18. The van der Waals surface area contributed by atoms with Crippen LogP contribution in [0.5, 0.6) is 0 Å². The van der Waals surface area contributed by atoms with Gasteiger partial charge in [-0.2, -0.15) is 19.9 Å². The average Bonchev–Trinajstić information content (AvgIpc) is 1.26. The van der Waals surface area contributed by atoms with Crippen molar-refractivity contribution < 1.29 is 23.7 Å². The molecule has 32 nitrogen and oxygen atoms in total. The van der Waals surface area contributed by atoms with Gasteiger partial charge in [0, 0.05) is 81.6 Å². The summed E-state index contributed by atoms with van der Waals surface area (Å²) in [6.45, 7) is 5.47. The molecule has 122 heavy (non-hydrogen) atoms. The highest BCUT2D eigenvalue weighted by atomic mass is 16.2. The van der Waals surface area contributed by atoms with Crippen LogP contribution < -0.4 is 36.5 Å². The maximum Gasteiger partial charge on any atom is 0.461 e. The number of nitrogens with one attached hydrogen (secondary N) is 10. The van der Waals surface area contributed by atoms with Crippen LogP contribution in [-0.4, -0.2) is 148 Å². The number of para-hydroxylation sites is 4. The number of H-pyrrole nitrogens is 4. The molecule has 9 heterocycles. The molecule has 0 radical (unpaired) electrons. The van der Waals surface area contributed by atoms with Crippen LogP contribution in [0, 0.1) is 0 Å². The number of anilines is 8. The van der Waals surface area contributed by atoms with Gasteiger partial charge in [0.2, 0.25) is 41.3 Å². The standard InChI is InChI=1S/C24H19N7O.C23H23N7O.C22H15N7O.C21H21N7O/c32-23(25-15-16-9-3-1-4-10-16)22-29-24(31-30-22)28-21-18-13-7-8-14-19(18)26-20(27-21)17-11-5-2-6-12-17;31-22(24-16-11-5-2-6-12-16)21-28-23(30-29-21)27-20-17-13-7-8-14-18(17)25-19(26-20)15-9-3-1-4-10-15;30-21(29-13-7-2-8-14-29)20-26-22(28-27-20)25-19-16-11-5-6-12-17(16)23-18(24-19)15-9-3-1-4-10-15;1-3-28(4-2)20(29)19-25-21(27-26-19)24-18-15-12-8-9-13-16(15)22-17(23-18)14-10-6-5-7-11-14/h1-14H,15H2,(H,25,32)(H2,26,27,28,29,30,31);1,3-4,7-10,13-14,16H,2,5-6,11-12H2,(H,24,31)(H2,25,26,27,28,29,30);1-14H,(H-,23,24,25,26,27,28,30);5-13H,3-4H2,1-2H3,(H2,22,23,24,25,26,27)/p+1. The Balaban J connectivity index is 0.000000121. The highest BCUT2D eigenvalue weighted by Gasteiger charge is 2.25. The molecule has 602 valence electrons. The van der Waals surface area contributed by atoms with Crippen LogP contribution in [0.3, 0.4) is 0 Å². The number of hydrogen-bond acceptors (Lipinski definition) is 24. The van der Waals surface area contributed by atoms with Crippen molar-refractivity contribution in [2.75, 3.05) is 34.4 Å². The van der Waals surface area contributed by atoms with Gasteiger partial charge in [-0.05, 0) is 80.8 Å². The first-order valence-electron chi connectivity index (χ1n) is 39.5. The third-order valence-corrected chi connectivity index (χ3v) is 19.5. The highest BCUT2D eigenvalue weighted by molar-refractivity contribution is 5.97. The van der Waals surface area contributed by atoms with Crippen LogP contribution in [-0.2, 0) is 6.54 Å². The minimum atomic E-state index is -0.341. The second-order valence-electron chi connectivity index (χ2n) is 27.7. The molecular weight excluding hydrogens is 1540 g/mol. The normalized spacial score (nSPS) is 11.7. The fourth-order valence-electron chi connectivity index (χ4n) is 13.3. The molecule has 3 amide bonds. The number of rotatable bonds is 21. The molecule has 1 fully saturated rings. The van der Waals surface area contributed by atoms with Crippen LogP contribution in [0.2, 0.25) is 0 Å². The van der Waals surface area contributed by atoms with Crippen LogP contribution in [0.15, 0.2) is 279 Å². The third kappa shape index (κ3) is 19.4. The van der Waals surface area contributed by atoms with E-state index in [1.54, 1.807) is 29.4 Å². The molecule has 0 atom stereocenters. The van der Waals surface area contributed by atoms with Gasteiger partial charge < -0.3 is 36.8 Å². The third-order valence-electron chi connectivity index (χ3n) is 19.5. The van der Waals surface area contributed by atoms with E-state index < -0.39 is 0 Å². The van der Waals surface area contributed by atoms with Crippen LogP contribution >= 0.6 is 0 Å². The Morgan fingerprint density at radius 1 is 0.344 bits per heavy atom. The van der Waals surface area contributed by atoms with Gasteiger partial charge in [-0.25, -0.2) is 49.8 Å². The number of benzene rings is 9. The molecule has 18 aromatic rings. The molecule has 0 aliphatic heterocycles. The molecule has 32 heteroatoms. The van der Waals surface area contributed by atoms with E-state index in [1.165, 1.54) is 11.0 Å². The van der Waals surface area contributed by atoms with Crippen molar-refractivity contribution in [3.8, 4) is 45.6 Å². The topological polar surface area (TPSA) is 417 Å². The lowest BCUT2D eigenvalue weighted by molar-refractivity contribution is -0.571. The molecule has 0 saturated heterocycles. The monoisotopic (exact) mass is 1620 g/mol. The molecule has 9 aromatic heterocycles. The number of amides is 3. The smallest absolute Gasteiger partial charge is 0.347 e. The molecule has 0 unspecified atom stereocenters. The molecule has 1 saturated carbocycles. The summed E-state index contributed by atoms with van der Waals surface area (Å²) in [4.78, 5) is 106. The maximum atomic E-state index is 12.5. The van der Waals surface area contributed by atoms with E-state index in [4.69, 9.17) is 4.98 Å². The lowest BCUT2D eigenvalue weighted by atomic mass is 9.95. The molecule has 9 aromatic carbocycles. The van der Waals surface area contributed by atoms with Gasteiger partial charge >= 0.3 is 5.91 Å². The van der Waals surface area contributed by atoms with Crippen LogP contribution in [0.25, 0.3) is 89.2 Å². The molecule has 1 aliphatic rings. The van der Waals surface area contributed by atoms with E-state index >= 15 is 0 Å². The average molecular weight is 1620 g/mol. The number of pyridine rings is 1. The summed E-state index contributed by atoms with van der Waals surface area (Å²) in [6, 6.07) is 85.1. The van der Waals surface area contributed by atoms with E-state index in [-0.39, 0.29) is 76.8 Å². The van der Waals surface area contributed by atoms with E-state index in [1.807, 2.05) is 269 Å². The summed E-state index contributed by atoms with van der Waals surface area (Å²) >= 11 is 0. The number of aromatic amines is 4. The predicted molar refractivity (Wildman–Crippen MR) is 464 cm³/mol. The predicted octanol–water partition coefficient (Wildman–Crippen LogP) is 15.1. The van der Waals surface area contributed by atoms with E-state index in [2.05, 4.69) is 128 Å². The molecule has 0 bridgehead atoms. The SMILES string of the molecule is CCN(CC)C(=O)c1nc(Nc2nc(-c3ccccc3)nc3ccccc23)n[nH]1.O=C(NC1CCCCC1)c1nc(Nc2nc(-c3ccccc3)nc3ccccc23)n[nH]1.O=C(NCc1ccccc1)c1nc(Nc2nc(-c3ccccc3)nc3ccccc23)n[nH]1.O=C(c1nc(Nc2nc(-c3ccccc3)nc3ccccc23)n[nH]1)[n+]1ccccc1. The quantitative estimate of drug-likeness (QED) is 0.0299. The highest BCUT2D eigenvalue weighted by Crippen LogP contribution is 2.32. The summed E-state index contributed by atoms with van der Waals surface area (Å²) < 4.78 is 1.43. The summed E-state index contributed by atoms with van der Waals surface area (Å²) in [5, 5.41) is 49.1. The molecule has 19 rings (SSSR count). The fraction of sp³-hybridized carbons (Fsp3) is 0.122. The number of carbonyl (C=O) groups is 4. The fourth-order valence-corrected chi connectivity index (χ4v) is 13.3. The van der Waals surface area contributed by atoms with Crippen molar-refractivity contribution in [2.24, 2.45) is 0 Å². The van der Waals surface area contributed by atoms with Crippen LogP contribution in [0.4, 0.5) is 47.1 Å². The summed E-state index contributed by atoms with van der Waals surface area (Å²) in [6.07, 6.45) is 8.88. The second-order valence-corrected chi connectivity index (χ2v) is 27.7. The Kier molecular flexibility index (Phi) is 24.6.